The van der Waals surface area contributed by atoms with Gasteiger partial charge in [-0.15, -0.1) is 10.2 Å². The maximum atomic E-state index is 8.95. The predicted octanol–water partition coefficient (Wildman–Crippen LogP) is 0.489. The van der Waals surface area contributed by atoms with Crippen LogP contribution in [0.15, 0.2) is 0 Å². The van der Waals surface area contributed by atoms with Crippen LogP contribution in [-0.2, 0) is 6.54 Å². The second-order valence-electron chi connectivity index (χ2n) is 3.27. The normalized spacial score (nSPS) is 22.5. The Morgan fingerprint density at radius 3 is 3.20 bits per heavy atom. The first-order chi connectivity index (χ1) is 7.29. The van der Waals surface area contributed by atoms with Gasteiger partial charge in [-0.1, -0.05) is 11.3 Å². The van der Waals surface area contributed by atoms with Crippen molar-refractivity contribution in [2.24, 2.45) is 0 Å². The molecule has 0 aromatic carbocycles. The van der Waals surface area contributed by atoms with Gasteiger partial charge in [-0.05, 0) is 11.6 Å². The van der Waals surface area contributed by atoms with E-state index in [9.17, 15) is 0 Å². The highest BCUT2D eigenvalue weighted by molar-refractivity contribution is 7.15. The molecule has 0 spiro atoms. The Balaban J connectivity index is 2.01. The Bertz CT molecular complexity index is 373. The first-order valence-corrected chi connectivity index (χ1v) is 5.81. The van der Waals surface area contributed by atoms with Crippen molar-refractivity contribution in [2.45, 2.75) is 12.6 Å². The summed E-state index contributed by atoms with van der Waals surface area (Å²) in [4.78, 5) is 2.09. The van der Waals surface area contributed by atoms with Gasteiger partial charge < -0.3 is 5.32 Å². The summed E-state index contributed by atoms with van der Waals surface area (Å²) < 4.78 is 0.452. The maximum Gasteiger partial charge on any atom is 0.207 e. The maximum absolute atomic E-state index is 8.95. The fourth-order valence-electron chi connectivity index (χ4n) is 1.53. The third-order valence-corrected chi connectivity index (χ3v) is 3.29. The van der Waals surface area contributed by atoms with Gasteiger partial charge in [-0.25, -0.2) is 0 Å². The second kappa shape index (κ2) is 4.86. The molecule has 0 radical (unpaired) electrons. The van der Waals surface area contributed by atoms with Crippen LogP contribution in [0, 0.1) is 11.3 Å². The van der Waals surface area contributed by atoms with E-state index in [1.54, 1.807) is 0 Å². The molecular formula is C8H10ClN5S. The highest BCUT2D eigenvalue weighted by atomic mass is 35.5. The molecule has 0 amide bonds. The van der Waals surface area contributed by atoms with Crippen molar-refractivity contribution in [2.75, 3.05) is 19.6 Å². The van der Waals surface area contributed by atoms with Gasteiger partial charge in [0, 0.05) is 19.6 Å². The molecule has 2 heterocycles. The van der Waals surface area contributed by atoms with E-state index in [-0.39, 0.29) is 6.04 Å². The molecule has 1 aromatic rings. The Morgan fingerprint density at radius 1 is 1.67 bits per heavy atom. The van der Waals surface area contributed by atoms with Crippen LogP contribution >= 0.6 is 22.9 Å². The fraction of sp³-hybridized carbons (Fsp3) is 0.625. The number of nitriles is 1. The summed E-state index contributed by atoms with van der Waals surface area (Å²) in [5, 5.41) is 20.7. The lowest BCUT2D eigenvalue weighted by Crippen LogP contribution is -2.49. The molecule has 15 heavy (non-hydrogen) atoms. The molecule has 1 atom stereocenters. The van der Waals surface area contributed by atoms with Crippen molar-refractivity contribution in [1.29, 1.82) is 5.26 Å². The van der Waals surface area contributed by atoms with E-state index in [1.165, 1.54) is 11.3 Å². The van der Waals surface area contributed by atoms with Gasteiger partial charge in [0.15, 0.2) is 0 Å². The number of nitrogens with zero attached hydrogens (tertiary/aromatic N) is 4. The zero-order valence-electron chi connectivity index (χ0n) is 7.98. The number of piperazine rings is 1. The Labute approximate surface area is 96.7 Å². The van der Waals surface area contributed by atoms with Crippen molar-refractivity contribution < 1.29 is 0 Å². The minimum absolute atomic E-state index is 0.0820. The molecule has 2 rings (SSSR count). The first-order valence-electron chi connectivity index (χ1n) is 4.62. The quantitative estimate of drug-likeness (QED) is 0.819. The zero-order valence-corrected chi connectivity index (χ0v) is 9.55. The monoisotopic (exact) mass is 243 g/mol. The Hall–Kier alpha value is -0.740. The molecule has 1 aliphatic heterocycles. The van der Waals surface area contributed by atoms with E-state index < -0.39 is 0 Å². The van der Waals surface area contributed by atoms with Gasteiger partial charge in [0.05, 0.1) is 12.6 Å². The standard InChI is InChI=1S/C8H10ClN5S/c9-8-13-12-7(15-8)5-14-2-1-11-4-6(14)3-10/h6,11H,1-2,4-5H2. The third-order valence-electron chi connectivity index (χ3n) is 2.28. The van der Waals surface area contributed by atoms with Crippen molar-refractivity contribution >= 4 is 22.9 Å². The van der Waals surface area contributed by atoms with E-state index in [4.69, 9.17) is 16.9 Å². The SMILES string of the molecule is N#CC1CNCCN1Cc1nnc(Cl)s1. The molecular weight excluding hydrogens is 234 g/mol. The number of rotatable bonds is 2. The van der Waals surface area contributed by atoms with Crippen LogP contribution in [0.4, 0.5) is 0 Å². The molecule has 0 saturated carbocycles. The highest BCUT2D eigenvalue weighted by Gasteiger charge is 2.22. The number of halogens is 1. The van der Waals surface area contributed by atoms with Crippen LogP contribution in [0.3, 0.4) is 0 Å². The minimum atomic E-state index is -0.0820. The Kier molecular flexibility index (Phi) is 3.49. The molecule has 0 aliphatic carbocycles. The van der Waals surface area contributed by atoms with Crippen molar-refractivity contribution in [3.63, 3.8) is 0 Å². The zero-order chi connectivity index (χ0) is 10.7. The first kappa shape index (κ1) is 10.8. The van der Waals surface area contributed by atoms with Crippen molar-refractivity contribution in [3.05, 3.63) is 9.47 Å². The van der Waals surface area contributed by atoms with E-state index >= 15 is 0 Å². The van der Waals surface area contributed by atoms with E-state index in [0.717, 1.165) is 18.1 Å². The fourth-order valence-corrected chi connectivity index (χ4v) is 2.43. The van der Waals surface area contributed by atoms with Crippen LogP contribution in [0.25, 0.3) is 0 Å². The molecule has 80 valence electrons. The summed E-state index contributed by atoms with van der Waals surface area (Å²) >= 11 is 7.06. The summed E-state index contributed by atoms with van der Waals surface area (Å²) in [5.41, 5.74) is 0. The average molecular weight is 244 g/mol. The van der Waals surface area contributed by atoms with Crippen LogP contribution in [0.2, 0.25) is 4.47 Å². The van der Waals surface area contributed by atoms with Gasteiger partial charge in [-0.2, -0.15) is 5.26 Å². The van der Waals surface area contributed by atoms with Crippen molar-refractivity contribution in [1.82, 2.24) is 20.4 Å². The molecule has 1 N–H and O–H groups in total. The molecule has 7 heteroatoms. The smallest absolute Gasteiger partial charge is 0.207 e. The number of hydrogen-bond acceptors (Lipinski definition) is 6. The van der Waals surface area contributed by atoms with Gasteiger partial charge in [0.25, 0.3) is 0 Å². The van der Waals surface area contributed by atoms with E-state index in [1.807, 2.05) is 0 Å². The Morgan fingerprint density at radius 2 is 2.53 bits per heavy atom. The van der Waals surface area contributed by atoms with E-state index in [0.29, 0.717) is 17.6 Å². The summed E-state index contributed by atoms with van der Waals surface area (Å²) in [6.07, 6.45) is 0. The van der Waals surface area contributed by atoms with Crippen LogP contribution in [-0.4, -0.2) is 40.8 Å². The van der Waals surface area contributed by atoms with E-state index in [2.05, 4.69) is 26.5 Å². The van der Waals surface area contributed by atoms with Gasteiger partial charge >= 0.3 is 0 Å². The average Bonchev–Trinajstić information content (AvgIpc) is 2.65. The molecule has 1 aromatic heterocycles. The van der Waals surface area contributed by atoms with Gasteiger partial charge in [-0.3, -0.25) is 4.90 Å². The second-order valence-corrected chi connectivity index (χ2v) is 4.91. The largest absolute Gasteiger partial charge is 0.313 e. The van der Waals surface area contributed by atoms with Gasteiger partial charge in [0.2, 0.25) is 4.47 Å². The summed E-state index contributed by atoms with van der Waals surface area (Å²) in [5.74, 6) is 0. The summed E-state index contributed by atoms with van der Waals surface area (Å²) in [7, 11) is 0. The lowest BCUT2D eigenvalue weighted by Gasteiger charge is -2.30. The predicted molar refractivity (Wildman–Crippen MR) is 57.6 cm³/mol. The van der Waals surface area contributed by atoms with Crippen LogP contribution in [0.5, 0.6) is 0 Å². The lowest BCUT2D eigenvalue weighted by atomic mass is 10.2. The molecule has 1 fully saturated rings. The van der Waals surface area contributed by atoms with Crippen LogP contribution in [0.1, 0.15) is 5.01 Å². The lowest BCUT2D eigenvalue weighted by molar-refractivity contribution is 0.188. The molecule has 0 bridgehead atoms. The highest BCUT2D eigenvalue weighted by Crippen LogP contribution is 2.17. The molecule has 1 saturated heterocycles. The topological polar surface area (TPSA) is 64.8 Å². The molecule has 1 unspecified atom stereocenters. The molecule has 5 nitrogen and oxygen atoms in total. The summed E-state index contributed by atoms with van der Waals surface area (Å²) in [6.45, 7) is 3.13. The molecule has 1 aliphatic rings. The summed E-state index contributed by atoms with van der Waals surface area (Å²) in [6, 6.07) is 2.19. The number of aromatic nitrogens is 2. The van der Waals surface area contributed by atoms with Crippen molar-refractivity contribution in [3.8, 4) is 6.07 Å². The third kappa shape index (κ3) is 2.63. The van der Waals surface area contributed by atoms with Crippen LogP contribution < -0.4 is 5.32 Å². The van der Waals surface area contributed by atoms with Gasteiger partial charge in [0.1, 0.15) is 11.0 Å². The number of nitrogens with one attached hydrogen (secondary N) is 1. The number of hydrogen-bond donors (Lipinski definition) is 1. The minimum Gasteiger partial charge on any atom is -0.313 e.